The molecule has 0 saturated heterocycles. The molecule has 2 aromatic heterocycles. The summed E-state index contributed by atoms with van der Waals surface area (Å²) in [5.41, 5.74) is 6.02. The highest BCUT2D eigenvalue weighted by Crippen LogP contribution is 2.48. The zero-order chi connectivity index (χ0) is 26.2. The number of carbonyl (C=O) groups is 2. The van der Waals surface area contributed by atoms with Crippen LogP contribution in [0.1, 0.15) is 74.2 Å². The molecule has 0 unspecified atom stereocenters. The topological polar surface area (TPSA) is 67.2 Å². The maximum Gasteiger partial charge on any atom is 0.240 e. The molecule has 2 amide bonds. The number of thiophene rings is 1. The van der Waals surface area contributed by atoms with Gasteiger partial charge in [-0.2, -0.15) is 16.4 Å². The molecule has 192 valence electrons. The zero-order valence-corrected chi connectivity index (χ0v) is 23.8. The summed E-state index contributed by atoms with van der Waals surface area (Å²) in [6.07, 6.45) is 0.829. The van der Waals surface area contributed by atoms with E-state index in [1.54, 1.807) is 28.0 Å². The van der Waals surface area contributed by atoms with E-state index in [4.69, 9.17) is 5.10 Å². The van der Waals surface area contributed by atoms with Crippen LogP contribution in [0.2, 0.25) is 0 Å². The summed E-state index contributed by atoms with van der Waals surface area (Å²) in [5.74, 6) is 0.762. The molecule has 0 saturated carbocycles. The lowest BCUT2D eigenvalue weighted by Crippen LogP contribution is -2.44. The third-order valence-electron chi connectivity index (χ3n) is 6.55. The quantitative estimate of drug-likeness (QED) is 0.434. The number of fused-ring (bicyclic) bond motifs is 1. The number of hydrogen-bond donors (Lipinski definition) is 1. The van der Waals surface area contributed by atoms with Gasteiger partial charge in [0.2, 0.25) is 11.8 Å². The van der Waals surface area contributed by atoms with Crippen molar-refractivity contribution in [3.05, 3.63) is 63.0 Å². The van der Waals surface area contributed by atoms with Crippen LogP contribution in [0.15, 0.2) is 35.0 Å². The van der Waals surface area contributed by atoms with Crippen molar-refractivity contribution in [2.75, 3.05) is 17.2 Å². The minimum Gasteiger partial charge on any atom is -0.352 e. The number of anilines is 1. The molecule has 36 heavy (non-hydrogen) atoms. The molecule has 6 nitrogen and oxygen atoms in total. The van der Waals surface area contributed by atoms with Crippen LogP contribution in [-0.2, 0) is 15.0 Å². The number of aromatic nitrogens is 2. The smallest absolute Gasteiger partial charge is 0.240 e. The Kier molecular flexibility index (Phi) is 7.67. The molecule has 3 heterocycles. The van der Waals surface area contributed by atoms with Gasteiger partial charge >= 0.3 is 0 Å². The zero-order valence-electron chi connectivity index (χ0n) is 22.2. The van der Waals surface area contributed by atoms with Gasteiger partial charge < -0.3 is 5.32 Å². The number of thioether (sulfide) groups is 1. The highest BCUT2D eigenvalue weighted by atomic mass is 32.2. The highest BCUT2D eigenvalue weighted by Gasteiger charge is 2.40. The average Bonchev–Trinajstić information content (AvgIpc) is 3.44. The number of hydrogen-bond acceptors (Lipinski definition) is 5. The van der Waals surface area contributed by atoms with Crippen molar-refractivity contribution >= 4 is 40.7 Å². The van der Waals surface area contributed by atoms with Gasteiger partial charge in [-0.05, 0) is 61.2 Å². The molecule has 1 aliphatic rings. The van der Waals surface area contributed by atoms with Crippen molar-refractivity contribution in [3.63, 3.8) is 0 Å². The Morgan fingerprint density at radius 2 is 2.00 bits per heavy atom. The molecule has 1 aliphatic heterocycles. The monoisotopic (exact) mass is 524 g/mol. The fourth-order valence-electron chi connectivity index (χ4n) is 4.54. The van der Waals surface area contributed by atoms with E-state index in [0.29, 0.717) is 11.6 Å². The number of aryl methyl sites for hydroxylation is 2. The van der Waals surface area contributed by atoms with E-state index in [2.05, 4.69) is 75.0 Å². The van der Waals surface area contributed by atoms with Gasteiger partial charge in [-0.3, -0.25) is 14.5 Å². The molecule has 0 fully saturated rings. The third-order valence-corrected chi connectivity index (χ3v) is 8.50. The van der Waals surface area contributed by atoms with Crippen LogP contribution in [0.5, 0.6) is 0 Å². The maximum absolute atomic E-state index is 13.7. The van der Waals surface area contributed by atoms with Gasteiger partial charge in [0.15, 0.2) is 0 Å². The second-order valence-electron chi connectivity index (χ2n) is 10.6. The van der Waals surface area contributed by atoms with E-state index in [9.17, 15) is 9.59 Å². The van der Waals surface area contributed by atoms with Crippen molar-refractivity contribution in [1.82, 2.24) is 15.1 Å². The van der Waals surface area contributed by atoms with Gasteiger partial charge in [0.25, 0.3) is 0 Å². The average molecular weight is 525 g/mol. The summed E-state index contributed by atoms with van der Waals surface area (Å²) in [4.78, 5) is 28.4. The molecule has 4 rings (SSSR count). The lowest BCUT2D eigenvalue weighted by molar-refractivity contribution is -0.123. The maximum atomic E-state index is 13.7. The first-order valence-corrected chi connectivity index (χ1v) is 14.4. The van der Waals surface area contributed by atoms with Gasteiger partial charge in [-0.15, -0.1) is 11.8 Å². The van der Waals surface area contributed by atoms with E-state index in [-0.39, 0.29) is 35.1 Å². The Balaban J connectivity index is 1.99. The Labute approximate surface area is 222 Å². The minimum absolute atomic E-state index is 0.0344. The lowest BCUT2D eigenvalue weighted by Gasteiger charge is -2.25. The third kappa shape index (κ3) is 5.25. The number of benzene rings is 1. The van der Waals surface area contributed by atoms with E-state index in [1.165, 1.54) is 0 Å². The Morgan fingerprint density at radius 3 is 2.61 bits per heavy atom. The van der Waals surface area contributed by atoms with Crippen LogP contribution < -0.4 is 10.2 Å². The van der Waals surface area contributed by atoms with E-state index in [1.807, 2.05) is 18.5 Å². The second kappa shape index (κ2) is 10.4. The number of nitrogens with zero attached hydrogens (tertiary/aromatic N) is 3. The molecule has 2 atom stereocenters. The van der Waals surface area contributed by atoms with Crippen LogP contribution in [0.3, 0.4) is 0 Å². The van der Waals surface area contributed by atoms with Crippen LogP contribution >= 0.6 is 23.1 Å². The van der Waals surface area contributed by atoms with Gasteiger partial charge in [0.05, 0.1) is 22.4 Å². The summed E-state index contributed by atoms with van der Waals surface area (Å²) < 4.78 is 1.91. The molecule has 0 bridgehead atoms. The molecular formula is C28H36N4O2S2. The van der Waals surface area contributed by atoms with Crippen molar-refractivity contribution in [1.29, 1.82) is 0 Å². The van der Waals surface area contributed by atoms with Gasteiger partial charge in [0.1, 0.15) is 12.4 Å². The fraction of sp³-hybridized carbons (Fsp3) is 0.464. The Bertz CT molecular complexity index is 1260. The summed E-state index contributed by atoms with van der Waals surface area (Å²) in [6.45, 7) is 14.6. The predicted molar refractivity (Wildman–Crippen MR) is 151 cm³/mol. The largest absolute Gasteiger partial charge is 0.352 e. The molecule has 1 N–H and O–H groups in total. The molecule has 3 aromatic rings. The van der Waals surface area contributed by atoms with E-state index >= 15 is 0 Å². The van der Waals surface area contributed by atoms with Gasteiger partial charge in [0, 0.05) is 17.0 Å². The Hall–Kier alpha value is -2.58. The molecule has 8 heteroatoms. The van der Waals surface area contributed by atoms with Gasteiger partial charge in [-0.25, -0.2) is 4.68 Å². The summed E-state index contributed by atoms with van der Waals surface area (Å²) in [5, 5.41) is 12.4. The SMILES string of the molecule is CC[C@H](C)NC(=O)CN1C(=O)CS[C@@H](c2ccsc2)c2c(C(C)(C)C)nn(-c3ccc(C)cc3C)c21. The number of rotatable bonds is 6. The highest BCUT2D eigenvalue weighted by molar-refractivity contribution is 8.00. The Morgan fingerprint density at radius 1 is 1.25 bits per heavy atom. The van der Waals surface area contributed by atoms with Crippen LogP contribution in [0.25, 0.3) is 5.69 Å². The fourth-order valence-corrected chi connectivity index (χ4v) is 6.50. The second-order valence-corrected chi connectivity index (χ2v) is 12.5. The number of nitrogens with one attached hydrogen (secondary N) is 1. The minimum atomic E-state index is -0.263. The van der Waals surface area contributed by atoms with Crippen molar-refractivity contribution in [2.24, 2.45) is 0 Å². The summed E-state index contributed by atoms with van der Waals surface area (Å²) in [7, 11) is 0. The van der Waals surface area contributed by atoms with Gasteiger partial charge in [-0.1, -0.05) is 45.4 Å². The van der Waals surface area contributed by atoms with Crippen molar-refractivity contribution < 1.29 is 9.59 Å². The first kappa shape index (κ1) is 26.5. The summed E-state index contributed by atoms with van der Waals surface area (Å²) in [6, 6.07) is 8.43. The lowest BCUT2D eigenvalue weighted by atomic mass is 9.87. The summed E-state index contributed by atoms with van der Waals surface area (Å²) >= 11 is 3.27. The first-order valence-electron chi connectivity index (χ1n) is 12.5. The van der Waals surface area contributed by atoms with Crippen LogP contribution in [-0.4, -0.2) is 39.9 Å². The first-order chi connectivity index (χ1) is 17.0. The molecule has 0 aliphatic carbocycles. The van der Waals surface area contributed by atoms with Crippen molar-refractivity contribution in [2.45, 2.75) is 71.6 Å². The normalized spacial score (nSPS) is 17.0. The molecular weight excluding hydrogens is 488 g/mol. The molecule has 0 spiro atoms. The predicted octanol–water partition coefficient (Wildman–Crippen LogP) is 5.93. The standard InChI is InChI=1S/C28H36N4O2S2/c1-8-19(4)29-22(33)14-31-23(34)16-36-25(20-11-12-35-15-20)24-26(28(5,6)7)30-32(27(24)31)21-10-9-17(2)13-18(21)3/h9-13,15,19,25H,8,14,16H2,1-7H3,(H,29,33)/t19-,25-/m0/s1. The number of carbonyl (C=O) groups excluding carboxylic acids is 2. The van der Waals surface area contributed by atoms with E-state index in [0.717, 1.165) is 40.1 Å². The number of amides is 2. The molecule has 0 radical (unpaired) electrons. The van der Waals surface area contributed by atoms with Crippen molar-refractivity contribution in [3.8, 4) is 5.69 Å². The van der Waals surface area contributed by atoms with Crippen LogP contribution in [0.4, 0.5) is 5.82 Å². The van der Waals surface area contributed by atoms with E-state index < -0.39 is 0 Å². The van der Waals surface area contributed by atoms with Crippen LogP contribution in [0, 0.1) is 13.8 Å². The molecule has 1 aromatic carbocycles.